The molecule has 5 N–H and O–H groups in total. The Morgan fingerprint density at radius 2 is 1.71 bits per heavy atom. The molecule has 0 saturated carbocycles. The van der Waals surface area contributed by atoms with Gasteiger partial charge in [0.2, 0.25) is 5.89 Å². The van der Waals surface area contributed by atoms with E-state index in [4.69, 9.17) is 15.9 Å². The van der Waals surface area contributed by atoms with Crippen LogP contribution in [0.15, 0.2) is 59.2 Å². The van der Waals surface area contributed by atoms with E-state index in [1.54, 1.807) is 0 Å². The molecule has 3 aromatic rings. The molecule has 0 aliphatic rings. The van der Waals surface area contributed by atoms with Gasteiger partial charge in [0, 0.05) is 11.4 Å². The highest BCUT2D eigenvalue weighted by atomic mass is 16.3. The average Bonchev–Trinajstić information content (AvgIpc) is 3.20. The van der Waals surface area contributed by atoms with Crippen LogP contribution in [0.2, 0.25) is 0 Å². The lowest BCUT2D eigenvalue weighted by atomic mass is 10.0. The van der Waals surface area contributed by atoms with Crippen LogP contribution >= 0.6 is 0 Å². The SMILES string of the molecule is CCC(C)C(N)c1nc(C(=O)Nc2ccc(Cc3ccc(N)cc3)cc2)co1. The molecule has 6 heteroatoms. The van der Waals surface area contributed by atoms with Crippen LogP contribution in [0, 0.1) is 5.92 Å². The Bertz CT molecular complexity index is 916. The number of amides is 1. The number of carbonyl (C=O) groups excluding carboxylic acids is 1. The molecule has 2 atom stereocenters. The van der Waals surface area contributed by atoms with Crippen LogP contribution < -0.4 is 16.8 Å². The largest absolute Gasteiger partial charge is 0.446 e. The molecular weight excluding hydrogens is 352 g/mol. The molecule has 6 nitrogen and oxygen atoms in total. The molecule has 1 amide bonds. The van der Waals surface area contributed by atoms with E-state index < -0.39 is 0 Å². The highest BCUT2D eigenvalue weighted by Gasteiger charge is 2.21. The van der Waals surface area contributed by atoms with Gasteiger partial charge in [-0.1, -0.05) is 44.5 Å². The van der Waals surface area contributed by atoms with Gasteiger partial charge in [0.25, 0.3) is 5.91 Å². The Labute approximate surface area is 165 Å². The fourth-order valence-corrected chi connectivity index (χ4v) is 2.81. The minimum atomic E-state index is -0.322. The topological polar surface area (TPSA) is 107 Å². The number of rotatable bonds is 7. The maximum Gasteiger partial charge on any atom is 0.277 e. The van der Waals surface area contributed by atoms with Gasteiger partial charge in [0.15, 0.2) is 5.69 Å². The van der Waals surface area contributed by atoms with Crippen LogP contribution in [0.4, 0.5) is 11.4 Å². The molecule has 3 rings (SSSR count). The van der Waals surface area contributed by atoms with Crippen LogP contribution in [0.25, 0.3) is 0 Å². The average molecular weight is 378 g/mol. The molecule has 0 aliphatic carbocycles. The van der Waals surface area contributed by atoms with Gasteiger partial charge < -0.3 is 21.2 Å². The maximum absolute atomic E-state index is 12.4. The number of aromatic nitrogens is 1. The van der Waals surface area contributed by atoms with Crippen molar-refractivity contribution >= 4 is 17.3 Å². The lowest BCUT2D eigenvalue weighted by Crippen LogP contribution is -2.19. The molecule has 0 fully saturated rings. The van der Waals surface area contributed by atoms with Gasteiger partial charge in [-0.3, -0.25) is 4.79 Å². The van der Waals surface area contributed by atoms with Crippen LogP contribution in [0.5, 0.6) is 0 Å². The van der Waals surface area contributed by atoms with E-state index in [0.717, 1.165) is 24.1 Å². The van der Waals surface area contributed by atoms with Gasteiger partial charge >= 0.3 is 0 Å². The van der Waals surface area contributed by atoms with Crippen LogP contribution in [-0.2, 0) is 6.42 Å². The van der Waals surface area contributed by atoms with Crippen molar-refractivity contribution < 1.29 is 9.21 Å². The number of nitrogens with one attached hydrogen (secondary N) is 1. The fraction of sp³-hybridized carbons (Fsp3) is 0.273. The Hall–Kier alpha value is -3.12. The van der Waals surface area contributed by atoms with Crippen molar-refractivity contribution in [3.63, 3.8) is 0 Å². The molecular formula is C22H26N4O2. The second-order valence-electron chi connectivity index (χ2n) is 7.05. The highest BCUT2D eigenvalue weighted by Crippen LogP contribution is 2.21. The molecule has 0 radical (unpaired) electrons. The first kappa shape index (κ1) is 19.6. The van der Waals surface area contributed by atoms with E-state index in [1.807, 2.05) is 55.5 Å². The van der Waals surface area contributed by atoms with Gasteiger partial charge in [0.05, 0.1) is 6.04 Å². The molecule has 0 spiro atoms. The summed E-state index contributed by atoms with van der Waals surface area (Å²) in [5.41, 5.74) is 15.8. The van der Waals surface area contributed by atoms with Crippen molar-refractivity contribution in [1.29, 1.82) is 0 Å². The second kappa shape index (κ2) is 8.71. The number of oxazole rings is 1. The summed E-state index contributed by atoms with van der Waals surface area (Å²) in [4.78, 5) is 16.7. The molecule has 28 heavy (non-hydrogen) atoms. The number of nitrogens with two attached hydrogens (primary N) is 2. The maximum atomic E-state index is 12.4. The molecule has 1 aromatic heterocycles. The van der Waals surface area contributed by atoms with Crippen molar-refractivity contribution in [3.8, 4) is 0 Å². The lowest BCUT2D eigenvalue weighted by Gasteiger charge is -2.13. The Kier molecular flexibility index (Phi) is 6.11. The van der Waals surface area contributed by atoms with Crippen molar-refractivity contribution in [3.05, 3.63) is 77.5 Å². The number of nitrogens with zero attached hydrogens (tertiary/aromatic N) is 1. The van der Waals surface area contributed by atoms with Crippen LogP contribution in [0.3, 0.4) is 0 Å². The van der Waals surface area contributed by atoms with E-state index in [-0.39, 0.29) is 23.6 Å². The predicted octanol–water partition coefficient (Wildman–Crippen LogP) is 4.15. The standard InChI is InChI=1S/C22H26N4O2/c1-3-14(2)20(24)22-26-19(13-28-22)21(27)25-18-10-6-16(7-11-18)12-15-4-8-17(23)9-5-15/h4-11,13-14,20H,3,12,23-24H2,1-2H3,(H,25,27). The number of benzene rings is 2. The predicted molar refractivity (Wildman–Crippen MR) is 111 cm³/mol. The van der Waals surface area contributed by atoms with Crippen molar-refractivity contribution in [2.75, 3.05) is 11.1 Å². The van der Waals surface area contributed by atoms with Gasteiger partial charge in [-0.2, -0.15) is 0 Å². The number of hydrogen-bond donors (Lipinski definition) is 3. The first-order chi connectivity index (χ1) is 13.5. The molecule has 146 valence electrons. The summed E-state index contributed by atoms with van der Waals surface area (Å²) in [7, 11) is 0. The Morgan fingerprint density at radius 1 is 1.11 bits per heavy atom. The third-order valence-electron chi connectivity index (χ3n) is 4.90. The summed E-state index contributed by atoms with van der Waals surface area (Å²) in [5.74, 6) is 0.291. The van der Waals surface area contributed by atoms with E-state index in [1.165, 1.54) is 11.8 Å². The zero-order chi connectivity index (χ0) is 20.1. The summed E-state index contributed by atoms with van der Waals surface area (Å²) in [5, 5.41) is 2.83. The normalized spacial score (nSPS) is 13.1. The Balaban J connectivity index is 1.61. The first-order valence-electron chi connectivity index (χ1n) is 9.42. The summed E-state index contributed by atoms with van der Waals surface area (Å²) in [6, 6.07) is 15.2. The minimum Gasteiger partial charge on any atom is -0.446 e. The summed E-state index contributed by atoms with van der Waals surface area (Å²) < 4.78 is 5.40. The molecule has 0 bridgehead atoms. The third-order valence-corrected chi connectivity index (χ3v) is 4.90. The minimum absolute atomic E-state index is 0.222. The van der Waals surface area contributed by atoms with Gasteiger partial charge in [-0.15, -0.1) is 0 Å². The summed E-state index contributed by atoms with van der Waals surface area (Å²) >= 11 is 0. The van der Waals surface area contributed by atoms with Crippen molar-refractivity contribution in [2.45, 2.75) is 32.7 Å². The summed E-state index contributed by atoms with van der Waals surface area (Å²) in [6.07, 6.45) is 3.06. The molecule has 2 aromatic carbocycles. The number of anilines is 2. The number of carbonyl (C=O) groups is 1. The second-order valence-corrected chi connectivity index (χ2v) is 7.05. The number of hydrogen-bond acceptors (Lipinski definition) is 5. The van der Waals surface area contributed by atoms with E-state index in [9.17, 15) is 4.79 Å². The quantitative estimate of drug-likeness (QED) is 0.536. The molecule has 1 heterocycles. The van der Waals surface area contributed by atoms with Gasteiger partial charge in [-0.25, -0.2) is 4.98 Å². The molecule has 2 unspecified atom stereocenters. The van der Waals surface area contributed by atoms with Crippen LogP contribution in [-0.4, -0.2) is 10.9 Å². The smallest absolute Gasteiger partial charge is 0.277 e. The first-order valence-corrected chi connectivity index (χ1v) is 9.42. The third kappa shape index (κ3) is 4.78. The lowest BCUT2D eigenvalue weighted by molar-refractivity contribution is 0.102. The summed E-state index contributed by atoms with van der Waals surface area (Å²) in [6.45, 7) is 4.08. The van der Waals surface area contributed by atoms with Crippen LogP contribution in [0.1, 0.15) is 53.8 Å². The van der Waals surface area contributed by atoms with Gasteiger partial charge in [0.1, 0.15) is 6.26 Å². The fourth-order valence-electron chi connectivity index (χ4n) is 2.81. The van der Waals surface area contributed by atoms with E-state index in [0.29, 0.717) is 11.6 Å². The molecule has 0 saturated heterocycles. The highest BCUT2D eigenvalue weighted by molar-refractivity contribution is 6.02. The Morgan fingerprint density at radius 3 is 2.32 bits per heavy atom. The molecule has 0 aliphatic heterocycles. The van der Waals surface area contributed by atoms with E-state index in [2.05, 4.69) is 17.2 Å². The van der Waals surface area contributed by atoms with Gasteiger partial charge in [-0.05, 0) is 47.7 Å². The zero-order valence-electron chi connectivity index (χ0n) is 16.2. The van der Waals surface area contributed by atoms with Crippen molar-refractivity contribution in [1.82, 2.24) is 4.98 Å². The number of nitrogen functional groups attached to an aromatic ring is 1. The monoisotopic (exact) mass is 378 g/mol. The zero-order valence-corrected chi connectivity index (χ0v) is 16.2. The van der Waals surface area contributed by atoms with E-state index >= 15 is 0 Å². The van der Waals surface area contributed by atoms with Crippen molar-refractivity contribution in [2.24, 2.45) is 11.7 Å².